The second kappa shape index (κ2) is 5.76. The van der Waals surface area contributed by atoms with Crippen molar-refractivity contribution in [2.24, 2.45) is 0 Å². The maximum Gasteiger partial charge on any atom is 0.145 e. The number of benzene rings is 1. The number of halogens is 2. The first-order valence-electron chi connectivity index (χ1n) is 6.24. The first-order valence-corrected chi connectivity index (χ1v) is 7.39. The van der Waals surface area contributed by atoms with Gasteiger partial charge in [-0.1, -0.05) is 49.0 Å². The van der Waals surface area contributed by atoms with Crippen LogP contribution < -0.4 is 0 Å². The minimum absolute atomic E-state index is 0.0631. The lowest BCUT2D eigenvalue weighted by molar-refractivity contribution is 0.178. The number of rotatable bonds is 3. The molecule has 0 fully saturated rings. The molecule has 0 radical (unpaired) electrons. The van der Waals surface area contributed by atoms with Gasteiger partial charge in [0.1, 0.15) is 5.82 Å². The summed E-state index contributed by atoms with van der Waals surface area (Å²) in [4.78, 5) is 0.678. The van der Waals surface area contributed by atoms with Crippen molar-refractivity contribution in [3.63, 3.8) is 0 Å². The highest BCUT2D eigenvalue weighted by Crippen LogP contribution is 2.32. The van der Waals surface area contributed by atoms with E-state index >= 15 is 0 Å². The Morgan fingerprint density at radius 3 is 2.75 bits per heavy atom. The second-order valence-electron chi connectivity index (χ2n) is 5.67. The fraction of sp³-hybridized carbons (Fsp3) is 0.429. The molecule has 3 nitrogen and oxygen atoms in total. The molecule has 2 aromatic rings. The molecule has 0 bridgehead atoms. The van der Waals surface area contributed by atoms with E-state index in [1.54, 1.807) is 12.1 Å². The van der Waals surface area contributed by atoms with Crippen LogP contribution in [-0.2, 0) is 11.8 Å². The Labute approximate surface area is 126 Å². The zero-order chi connectivity index (χ0) is 14.9. The molecule has 0 aliphatic heterocycles. The summed E-state index contributed by atoms with van der Waals surface area (Å²) in [6.45, 7) is 6.00. The van der Waals surface area contributed by atoms with E-state index in [9.17, 15) is 9.50 Å². The van der Waals surface area contributed by atoms with E-state index in [-0.39, 0.29) is 16.9 Å². The van der Waals surface area contributed by atoms with Crippen LogP contribution in [0.2, 0.25) is 5.02 Å². The molecule has 0 aliphatic rings. The Morgan fingerprint density at radius 1 is 1.40 bits per heavy atom. The molecule has 6 heteroatoms. The van der Waals surface area contributed by atoms with Gasteiger partial charge in [0.05, 0.1) is 21.7 Å². The molecule has 1 aromatic carbocycles. The summed E-state index contributed by atoms with van der Waals surface area (Å²) in [5, 5.41) is 14.5. The summed E-state index contributed by atoms with van der Waals surface area (Å²) < 4.78 is 17.8. The quantitative estimate of drug-likeness (QED) is 0.934. The van der Waals surface area contributed by atoms with Gasteiger partial charge in [-0.3, -0.25) is 0 Å². The molecule has 2 rings (SSSR count). The fourth-order valence-corrected chi connectivity index (χ4v) is 2.99. The maximum absolute atomic E-state index is 13.9. The van der Waals surface area contributed by atoms with Crippen LogP contribution in [0.25, 0.3) is 0 Å². The highest BCUT2D eigenvalue weighted by atomic mass is 35.5. The SMILES string of the molecule is CC(C)(C)c1nnsc1C(O)Cc1cccc(Cl)c1F. The van der Waals surface area contributed by atoms with Crippen LogP contribution in [0, 0.1) is 5.82 Å². The summed E-state index contributed by atoms with van der Waals surface area (Å²) in [6, 6.07) is 4.78. The van der Waals surface area contributed by atoms with Crippen molar-refractivity contribution < 1.29 is 9.50 Å². The van der Waals surface area contributed by atoms with Gasteiger partial charge in [-0.05, 0) is 23.2 Å². The Balaban J connectivity index is 2.27. The second-order valence-corrected chi connectivity index (χ2v) is 6.86. The van der Waals surface area contributed by atoms with Crippen molar-refractivity contribution in [2.75, 3.05) is 0 Å². The van der Waals surface area contributed by atoms with E-state index in [1.165, 1.54) is 6.07 Å². The van der Waals surface area contributed by atoms with Gasteiger partial charge in [0, 0.05) is 11.8 Å². The van der Waals surface area contributed by atoms with Gasteiger partial charge in [0.15, 0.2) is 0 Å². The Morgan fingerprint density at radius 2 is 2.10 bits per heavy atom. The minimum Gasteiger partial charge on any atom is -0.387 e. The average molecular weight is 315 g/mol. The molecule has 0 saturated carbocycles. The Hall–Kier alpha value is -1.04. The highest BCUT2D eigenvalue weighted by Gasteiger charge is 2.27. The molecule has 108 valence electrons. The van der Waals surface area contributed by atoms with Crippen LogP contribution in [0.15, 0.2) is 18.2 Å². The predicted octanol–water partition coefficient (Wildman–Crippen LogP) is 3.90. The topological polar surface area (TPSA) is 46.0 Å². The molecule has 20 heavy (non-hydrogen) atoms. The smallest absolute Gasteiger partial charge is 0.145 e. The third-order valence-electron chi connectivity index (χ3n) is 2.97. The lowest BCUT2D eigenvalue weighted by atomic mass is 9.89. The summed E-state index contributed by atoms with van der Waals surface area (Å²) in [5.41, 5.74) is 0.923. The Bertz CT molecular complexity index is 609. The van der Waals surface area contributed by atoms with Crippen molar-refractivity contribution in [1.29, 1.82) is 0 Å². The third kappa shape index (κ3) is 3.16. The molecule has 1 N–H and O–H groups in total. The summed E-state index contributed by atoms with van der Waals surface area (Å²) in [5.74, 6) is -0.483. The van der Waals surface area contributed by atoms with Gasteiger partial charge < -0.3 is 5.11 Å². The van der Waals surface area contributed by atoms with Crippen molar-refractivity contribution in [3.8, 4) is 0 Å². The van der Waals surface area contributed by atoms with Crippen molar-refractivity contribution in [2.45, 2.75) is 38.7 Å². The van der Waals surface area contributed by atoms with Crippen LogP contribution in [0.5, 0.6) is 0 Å². The van der Waals surface area contributed by atoms with E-state index in [4.69, 9.17) is 11.6 Å². The molecule has 0 aliphatic carbocycles. The van der Waals surface area contributed by atoms with E-state index in [2.05, 4.69) is 9.59 Å². The van der Waals surface area contributed by atoms with E-state index in [0.29, 0.717) is 10.4 Å². The number of hydrogen-bond donors (Lipinski definition) is 1. The van der Waals surface area contributed by atoms with Crippen molar-refractivity contribution >= 4 is 23.1 Å². The number of aliphatic hydroxyl groups excluding tert-OH is 1. The first-order chi connectivity index (χ1) is 9.30. The largest absolute Gasteiger partial charge is 0.387 e. The lowest BCUT2D eigenvalue weighted by Gasteiger charge is -2.19. The number of aromatic nitrogens is 2. The van der Waals surface area contributed by atoms with Crippen molar-refractivity contribution in [1.82, 2.24) is 9.59 Å². The van der Waals surface area contributed by atoms with Crippen LogP contribution in [0.4, 0.5) is 4.39 Å². The first kappa shape index (κ1) is 15.4. The van der Waals surface area contributed by atoms with Gasteiger partial charge in [-0.2, -0.15) is 0 Å². The van der Waals surface area contributed by atoms with Crippen molar-refractivity contribution in [3.05, 3.63) is 45.2 Å². The summed E-state index contributed by atoms with van der Waals surface area (Å²) in [6.07, 6.45) is -0.684. The predicted molar refractivity (Wildman–Crippen MR) is 78.7 cm³/mol. The third-order valence-corrected chi connectivity index (χ3v) is 4.09. The number of nitrogens with zero attached hydrogens (tertiary/aromatic N) is 2. The zero-order valence-corrected chi connectivity index (χ0v) is 13.1. The molecule has 0 saturated heterocycles. The number of hydrogen-bond acceptors (Lipinski definition) is 4. The lowest BCUT2D eigenvalue weighted by Crippen LogP contribution is -2.16. The zero-order valence-electron chi connectivity index (χ0n) is 11.5. The van der Waals surface area contributed by atoms with E-state index < -0.39 is 11.9 Å². The maximum atomic E-state index is 13.9. The average Bonchev–Trinajstić information content (AvgIpc) is 2.84. The monoisotopic (exact) mass is 314 g/mol. The Kier molecular flexibility index (Phi) is 4.42. The van der Waals surface area contributed by atoms with Crippen LogP contribution in [0.1, 0.15) is 43.0 Å². The van der Waals surface area contributed by atoms with Crippen LogP contribution in [-0.4, -0.2) is 14.7 Å². The number of aliphatic hydroxyl groups is 1. The molecular formula is C14H16ClFN2OS. The molecule has 1 atom stereocenters. The van der Waals surface area contributed by atoms with E-state index in [0.717, 1.165) is 17.2 Å². The highest BCUT2D eigenvalue weighted by molar-refractivity contribution is 7.05. The molecule has 1 unspecified atom stereocenters. The van der Waals surface area contributed by atoms with Crippen LogP contribution in [0.3, 0.4) is 0 Å². The standard InChI is InChI=1S/C14H16ClFN2OS/c1-14(2,3)13-12(20-18-17-13)10(19)7-8-5-4-6-9(15)11(8)16/h4-6,10,19H,7H2,1-3H3. The molecule has 1 aromatic heterocycles. The van der Waals surface area contributed by atoms with Gasteiger partial charge >= 0.3 is 0 Å². The van der Waals surface area contributed by atoms with E-state index in [1.807, 2.05) is 20.8 Å². The van der Waals surface area contributed by atoms with Gasteiger partial charge in [0.2, 0.25) is 0 Å². The molecule has 1 heterocycles. The normalized spacial score (nSPS) is 13.5. The van der Waals surface area contributed by atoms with Gasteiger partial charge in [0.25, 0.3) is 0 Å². The minimum atomic E-state index is -0.836. The summed E-state index contributed by atoms with van der Waals surface area (Å²) in [7, 11) is 0. The fourth-order valence-electron chi connectivity index (χ4n) is 1.94. The molecular weight excluding hydrogens is 299 g/mol. The van der Waals surface area contributed by atoms with Gasteiger partial charge in [-0.15, -0.1) is 5.10 Å². The summed E-state index contributed by atoms with van der Waals surface area (Å²) >= 11 is 6.89. The molecule has 0 spiro atoms. The van der Waals surface area contributed by atoms with Crippen LogP contribution >= 0.6 is 23.1 Å². The van der Waals surface area contributed by atoms with Gasteiger partial charge in [-0.25, -0.2) is 4.39 Å². The molecule has 0 amide bonds.